The SMILES string of the molecule is CC(C)(C)OC(=O)NCC=Cc1cccnc1C#N. The number of hydrogen-bond acceptors (Lipinski definition) is 4. The molecule has 0 saturated heterocycles. The molecule has 1 aromatic heterocycles. The predicted octanol–water partition coefficient (Wildman–Crippen LogP) is 2.49. The minimum atomic E-state index is -0.509. The summed E-state index contributed by atoms with van der Waals surface area (Å²) in [6, 6.07) is 5.54. The Kier molecular flexibility index (Phi) is 5.07. The van der Waals surface area contributed by atoms with Crippen molar-refractivity contribution < 1.29 is 9.53 Å². The number of nitrogens with zero attached hydrogens (tertiary/aromatic N) is 2. The molecule has 0 aliphatic carbocycles. The molecule has 0 aliphatic heterocycles. The van der Waals surface area contributed by atoms with Gasteiger partial charge in [-0.3, -0.25) is 0 Å². The number of aromatic nitrogens is 1. The highest BCUT2D eigenvalue weighted by Crippen LogP contribution is 2.07. The number of alkyl carbamates (subject to hydrolysis) is 1. The summed E-state index contributed by atoms with van der Waals surface area (Å²) < 4.78 is 5.09. The Balaban J connectivity index is 2.47. The maximum absolute atomic E-state index is 11.4. The normalized spacial score (nSPS) is 11.1. The topological polar surface area (TPSA) is 75.0 Å². The number of carbonyl (C=O) groups is 1. The lowest BCUT2D eigenvalue weighted by Gasteiger charge is -2.19. The van der Waals surface area contributed by atoms with Gasteiger partial charge in [0.1, 0.15) is 17.4 Å². The van der Waals surface area contributed by atoms with Gasteiger partial charge in [0.05, 0.1) is 0 Å². The van der Waals surface area contributed by atoms with Crippen molar-refractivity contribution >= 4 is 12.2 Å². The van der Waals surface area contributed by atoms with Crippen LogP contribution in [0.15, 0.2) is 24.4 Å². The maximum Gasteiger partial charge on any atom is 0.407 e. The predicted molar refractivity (Wildman–Crippen MR) is 72.2 cm³/mol. The van der Waals surface area contributed by atoms with Crippen LogP contribution in [0.3, 0.4) is 0 Å². The first-order valence-electron chi connectivity index (χ1n) is 5.91. The summed E-state index contributed by atoms with van der Waals surface area (Å²) >= 11 is 0. The molecule has 0 radical (unpaired) electrons. The third kappa shape index (κ3) is 5.68. The molecule has 0 unspecified atom stereocenters. The van der Waals surface area contributed by atoms with Gasteiger partial charge in [-0.1, -0.05) is 18.2 Å². The van der Waals surface area contributed by atoms with Gasteiger partial charge in [-0.2, -0.15) is 5.26 Å². The van der Waals surface area contributed by atoms with Crippen LogP contribution in [-0.4, -0.2) is 23.2 Å². The summed E-state index contributed by atoms with van der Waals surface area (Å²) in [6.07, 6.45) is 4.57. The standard InChI is InChI=1S/C14H17N3O2/c1-14(2,3)19-13(18)17-9-5-7-11-6-4-8-16-12(11)10-15/h4-8H,9H2,1-3H3,(H,17,18). The monoisotopic (exact) mass is 259 g/mol. The molecule has 0 aromatic carbocycles. The van der Waals surface area contributed by atoms with Crippen LogP contribution in [0.1, 0.15) is 32.0 Å². The van der Waals surface area contributed by atoms with Crippen LogP contribution in [0.25, 0.3) is 6.08 Å². The summed E-state index contributed by atoms with van der Waals surface area (Å²) in [7, 11) is 0. The molecule has 1 aromatic rings. The van der Waals surface area contributed by atoms with E-state index in [0.29, 0.717) is 12.2 Å². The van der Waals surface area contributed by atoms with Crippen LogP contribution in [0.5, 0.6) is 0 Å². The van der Waals surface area contributed by atoms with Gasteiger partial charge in [0.25, 0.3) is 0 Å². The number of ether oxygens (including phenoxy) is 1. The molecule has 1 rings (SSSR count). The lowest BCUT2D eigenvalue weighted by Crippen LogP contribution is -2.32. The molecule has 5 heteroatoms. The molecular formula is C14H17N3O2. The average Bonchev–Trinajstić information content (AvgIpc) is 2.33. The van der Waals surface area contributed by atoms with E-state index < -0.39 is 11.7 Å². The van der Waals surface area contributed by atoms with E-state index in [1.54, 1.807) is 51.3 Å². The molecule has 1 N–H and O–H groups in total. The number of carbonyl (C=O) groups excluding carboxylic acids is 1. The Morgan fingerprint density at radius 2 is 2.32 bits per heavy atom. The van der Waals surface area contributed by atoms with Gasteiger partial charge in [-0.25, -0.2) is 9.78 Å². The fraction of sp³-hybridized carbons (Fsp3) is 0.357. The second-order valence-corrected chi connectivity index (χ2v) is 4.84. The van der Waals surface area contributed by atoms with Crippen LogP contribution < -0.4 is 5.32 Å². The fourth-order valence-electron chi connectivity index (χ4n) is 1.29. The number of rotatable bonds is 3. The smallest absolute Gasteiger partial charge is 0.407 e. The van der Waals surface area contributed by atoms with Crippen LogP contribution >= 0.6 is 0 Å². The largest absolute Gasteiger partial charge is 0.444 e. The van der Waals surface area contributed by atoms with Gasteiger partial charge in [-0.05, 0) is 26.8 Å². The van der Waals surface area contributed by atoms with Gasteiger partial charge in [0.2, 0.25) is 0 Å². The minimum absolute atomic E-state index is 0.328. The number of hydrogen-bond donors (Lipinski definition) is 1. The van der Waals surface area contributed by atoms with Gasteiger partial charge in [0, 0.05) is 18.3 Å². The highest BCUT2D eigenvalue weighted by Gasteiger charge is 2.14. The average molecular weight is 259 g/mol. The van der Waals surface area contributed by atoms with E-state index in [9.17, 15) is 4.79 Å². The van der Waals surface area contributed by atoms with Crippen LogP contribution in [0.2, 0.25) is 0 Å². The number of nitrogens with one attached hydrogen (secondary N) is 1. The lowest BCUT2D eigenvalue weighted by molar-refractivity contribution is 0.0534. The lowest BCUT2D eigenvalue weighted by atomic mass is 10.2. The molecule has 0 atom stereocenters. The van der Waals surface area contributed by atoms with Crippen molar-refractivity contribution in [3.63, 3.8) is 0 Å². The number of amides is 1. The molecule has 0 fully saturated rings. The van der Waals surface area contributed by atoms with E-state index in [0.717, 1.165) is 5.56 Å². The van der Waals surface area contributed by atoms with Crippen LogP contribution in [0, 0.1) is 11.3 Å². The second-order valence-electron chi connectivity index (χ2n) is 4.84. The molecule has 1 amide bonds. The van der Waals surface area contributed by atoms with Crippen LogP contribution in [-0.2, 0) is 4.74 Å². The number of pyridine rings is 1. The summed E-state index contributed by atoms with van der Waals surface area (Å²) in [5.41, 5.74) is 0.567. The third-order valence-electron chi connectivity index (χ3n) is 2.01. The second kappa shape index (κ2) is 6.55. The van der Waals surface area contributed by atoms with E-state index in [-0.39, 0.29) is 0 Å². The Hall–Kier alpha value is -2.35. The van der Waals surface area contributed by atoms with E-state index in [4.69, 9.17) is 10.00 Å². The quantitative estimate of drug-likeness (QED) is 0.904. The molecule has 0 spiro atoms. The van der Waals surface area contributed by atoms with E-state index >= 15 is 0 Å². The Morgan fingerprint density at radius 1 is 1.58 bits per heavy atom. The van der Waals surface area contributed by atoms with Crippen molar-refractivity contribution in [2.45, 2.75) is 26.4 Å². The van der Waals surface area contributed by atoms with Crippen molar-refractivity contribution in [1.82, 2.24) is 10.3 Å². The first-order valence-corrected chi connectivity index (χ1v) is 5.91. The molecule has 0 aliphatic rings. The maximum atomic E-state index is 11.4. The van der Waals surface area contributed by atoms with E-state index in [1.165, 1.54) is 0 Å². The van der Waals surface area contributed by atoms with Crippen molar-refractivity contribution in [3.8, 4) is 6.07 Å². The van der Waals surface area contributed by atoms with Crippen molar-refractivity contribution in [2.75, 3.05) is 6.54 Å². The Labute approximate surface area is 112 Å². The first kappa shape index (κ1) is 14.7. The first-order chi connectivity index (χ1) is 8.92. The third-order valence-corrected chi connectivity index (χ3v) is 2.01. The minimum Gasteiger partial charge on any atom is -0.444 e. The molecule has 100 valence electrons. The van der Waals surface area contributed by atoms with Gasteiger partial charge >= 0.3 is 6.09 Å². The van der Waals surface area contributed by atoms with Crippen molar-refractivity contribution in [2.24, 2.45) is 0 Å². The van der Waals surface area contributed by atoms with Gasteiger partial charge in [-0.15, -0.1) is 0 Å². The van der Waals surface area contributed by atoms with Gasteiger partial charge in [0.15, 0.2) is 0 Å². The zero-order valence-electron chi connectivity index (χ0n) is 11.3. The molecule has 0 saturated carbocycles. The molecule has 19 heavy (non-hydrogen) atoms. The zero-order valence-corrected chi connectivity index (χ0v) is 11.3. The Bertz CT molecular complexity index is 510. The number of nitriles is 1. The Morgan fingerprint density at radius 3 is 2.95 bits per heavy atom. The summed E-state index contributed by atoms with van der Waals surface area (Å²) in [4.78, 5) is 15.3. The highest BCUT2D eigenvalue weighted by atomic mass is 16.6. The summed E-state index contributed by atoms with van der Waals surface area (Å²) in [5, 5.41) is 11.5. The highest BCUT2D eigenvalue weighted by molar-refractivity contribution is 5.68. The summed E-state index contributed by atoms with van der Waals surface area (Å²) in [5.74, 6) is 0. The molecule has 5 nitrogen and oxygen atoms in total. The summed E-state index contributed by atoms with van der Waals surface area (Å²) in [6.45, 7) is 5.74. The van der Waals surface area contributed by atoms with E-state index in [1.807, 2.05) is 6.07 Å². The van der Waals surface area contributed by atoms with Crippen molar-refractivity contribution in [1.29, 1.82) is 5.26 Å². The molecule has 0 bridgehead atoms. The van der Waals surface area contributed by atoms with Crippen molar-refractivity contribution in [3.05, 3.63) is 35.7 Å². The fourth-order valence-corrected chi connectivity index (χ4v) is 1.29. The molecular weight excluding hydrogens is 242 g/mol. The zero-order chi connectivity index (χ0) is 14.3. The van der Waals surface area contributed by atoms with Gasteiger partial charge < -0.3 is 10.1 Å². The van der Waals surface area contributed by atoms with E-state index in [2.05, 4.69) is 10.3 Å². The molecule has 1 heterocycles. The van der Waals surface area contributed by atoms with Crippen LogP contribution in [0.4, 0.5) is 4.79 Å².